The van der Waals surface area contributed by atoms with Crippen LogP contribution < -0.4 is 4.74 Å². The Morgan fingerprint density at radius 2 is 2.07 bits per heavy atom. The van der Waals surface area contributed by atoms with E-state index in [1.165, 1.54) is 11.1 Å². The highest BCUT2D eigenvalue weighted by Crippen LogP contribution is 2.47. The van der Waals surface area contributed by atoms with Crippen molar-refractivity contribution in [3.63, 3.8) is 0 Å². The fourth-order valence-electron chi connectivity index (χ4n) is 2.64. The zero-order valence-electron chi connectivity index (χ0n) is 9.03. The maximum atomic E-state index is 6.01. The molecule has 0 radical (unpaired) electrons. The molecule has 15 heavy (non-hydrogen) atoms. The van der Waals surface area contributed by atoms with Crippen molar-refractivity contribution >= 4 is 0 Å². The second kappa shape index (κ2) is 2.75. The molecule has 0 fully saturated rings. The summed E-state index contributed by atoms with van der Waals surface area (Å²) < 4.78 is 6.01. The van der Waals surface area contributed by atoms with Gasteiger partial charge in [-0.15, -0.1) is 0 Å². The van der Waals surface area contributed by atoms with E-state index in [1.54, 1.807) is 0 Å². The Morgan fingerprint density at radius 3 is 2.93 bits per heavy atom. The normalized spacial score (nSPS) is 31.6. The van der Waals surface area contributed by atoms with Gasteiger partial charge in [-0.2, -0.15) is 0 Å². The molecule has 1 aliphatic carbocycles. The van der Waals surface area contributed by atoms with Crippen molar-refractivity contribution in [2.75, 3.05) is 0 Å². The maximum absolute atomic E-state index is 6.01. The van der Waals surface area contributed by atoms with Crippen LogP contribution in [0.2, 0.25) is 0 Å². The van der Waals surface area contributed by atoms with E-state index in [9.17, 15) is 0 Å². The van der Waals surface area contributed by atoms with Gasteiger partial charge in [0.2, 0.25) is 0 Å². The van der Waals surface area contributed by atoms with Gasteiger partial charge in [-0.1, -0.05) is 36.4 Å². The number of fused-ring (bicyclic) bond motifs is 3. The SMILES string of the molecule is CC1=CC=CC2(C)c3ccccc3OC12. The van der Waals surface area contributed by atoms with Crippen LogP contribution in [0.3, 0.4) is 0 Å². The van der Waals surface area contributed by atoms with E-state index in [0.717, 1.165) is 5.75 Å². The smallest absolute Gasteiger partial charge is 0.133 e. The molecule has 2 aliphatic rings. The third-order valence-corrected chi connectivity index (χ3v) is 3.47. The lowest BCUT2D eigenvalue weighted by atomic mass is 9.74. The first kappa shape index (κ1) is 8.78. The number of hydrogen-bond donors (Lipinski definition) is 0. The molecular weight excluding hydrogens is 184 g/mol. The van der Waals surface area contributed by atoms with Gasteiger partial charge >= 0.3 is 0 Å². The lowest BCUT2D eigenvalue weighted by Gasteiger charge is -2.30. The molecule has 76 valence electrons. The molecule has 0 amide bonds. The molecule has 1 aromatic rings. The van der Waals surface area contributed by atoms with Gasteiger partial charge in [-0.3, -0.25) is 0 Å². The Balaban J connectivity index is 2.20. The minimum absolute atomic E-state index is 0.0232. The van der Waals surface area contributed by atoms with Gasteiger partial charge in [0.1, 0.15) is 11.9 Å². The quantitative estimate of drug-likeness (QED) is 0.622. The lowest BCUT2D eigenvalue weighted by molar-refractivity contribution is 0.215. The Hall–Kier alpha value is -1.50. The topological polar surface area (TPSA) is 9.23 Å². The number of para-hydroxylation sites is 1. The van der Waals surface area contributed by atoms with Crippen LogP contribution in [0.25, 0.3) is 0 Å². The van der Waals surface area contributed by atoms with Gasteiger partial charge in [-0.25, -0.2) is 0 Å². The molecule has 2 atom stereocenters. The van der Waals surface area contributed by atoms with Crippen LogP contribution in [-0.2, 0) is 5.41 Å². The number of ether oxygens (including phenoxy) is 1. The Labute approximate surface area is 90.1 Å². The predicted octanol–water partition coefficient (Wildman–Crippen LogP) is 3.22. The number of hydrogen-bond acceptors (Lipinski definition) is 1. The van der Waals surface area contributed by atoms with Crippen LogP contribution in [0, 0.1) is 0 Å². The van der Waals surface area contributed by atoms with E-state index in [4.69, 9.17) is 4.74 Å². The fraction of sp³-hybridized carbons (Fsp3) is 0.286. The van der Waals surface area contributed by atoms with Crippen LogP contribution in [0.1, 0.15) is 19.4 Å². The van der Waals surface area contributed by atoms with E-state index < -0.39 is 0 Å². The van der Waals surface area contributed by atoms with Gasteiger partial charge in [0.05, 0.1) is 5.41 Å². The fourth-order valence-corrected chi connectivity index (χ4v) is 2.64. The summed E-state index contributed by atoms with van der Waals surface area (Å²) in [5.74, 6) is 1.03. The van der Waals surface area contributed by atoms with Gasteiger partial charge in [0, 0.05) is 5.56 Å². The first-order chi connectivity index (χ1) is 7.22. The van der Waals surface area contributed by atoms with Crippen molar-refractivity contribution in [1.82, 2.24) is 0 Å². The van der Waals surface area contributed by atoms with E-state index >= 15 is 0 Å². The van der Waals surface area contributed by atoms with Gasteiger partial charge in [-0.05, 0) is 25.5 Å². The summed E-state index contributed by atoms with van der Waals surface area (Å²) in [5, 5.41) is 0. The average Bonchev–Trinajstić information content (AvgIpc) is 2.54. The molecule has 0 N–H and O–H groups in total. The second-order valence-corrected chi connectivity index (χ2v) is 4.55. The molecule has 0 saturated heterocycles. The summed E-state index contributed by atoms with van der Waals surface area (Å²) in [7, 11) is 0. The molecule has 0 aromatic heterocycles. The van der Waals surface area contributed by atoms with Gasteiger partial charge in [0.15, 0.2) is 0 Å². The number of benzene rings is 1. The molecule has 0 bridgehead atoms. The van der Waals surface area contributed by atoms with E-state index in [0.29, 0.717) is 0 Å². The molecule has 1 heteroatoms. The standard InChI is InChI=1S/C14H14O/c1-10-6-5-9-14(2)11-7-3-4-8-12(11)15-13(10)14/h3-9,13H,1-2H3. The lowest BCUT2D eigenvalue weighted by Crippen LogP contribution is -2.35. The van der Waals surface area contributed by atoms with Crippen LogP contribution in [0.4, 0.5) is 0 Å². The molecular formula is C14H14O. The zero-order valence-corrected chi connectivity index (χ0v) is 9.03. The third-order valence-electron chi connectivity index (χ3n) is 3.47. The van der Waals surface area contributed by atoms with Crippen molar-refractivity contribution in [3.8, 4) is 5.75 Å². The minimum Gasteiger partial charge on any atom is -0.484 e. The number of allylic oxidation sites excluding steroid dienone is 2. The molecule has 0 spiro atoms. The summed E-state index contributed by atoms with van der Waals surface area (Å²) in [4.78, 5) is 0. The molecule has 0 saturated carbocycles. The number of rotatable bonds is 0. The minimum atomic E-state index is 0.0232. The summed E-state index contributed by atoms with van der Waals surface area (Å²) in [6.07, 6.45) is 6.70. The Kier molecular flexibility index (Phi) is 1.61. The summed E-state index contributed by atoms with van der Waals surface area (Å²) in [6, 6.07) is 8.33. The highest BCUT2D eigenvalue weighted by Gasteiger charge is 2.44. The predicted molar refractivity (Wildman–Crippen MR) is 61.1 cm³/mol. The van der Waals surface area contributed by atoms with E-state index in [-0.39, 0.29) is 11.5 Å². The highest BCUT2D eigenvalue weighted by molar-refractivity contribution is 5.52. The van der Waals surface area contributed by atoms with Crippen molar-refractivity contribution in [2.24, 2.45) is 0 Å². The summed E-state index contributed by atoms with van der Waals surface area (Å²) >= 11 is 0. The molecule has 1 heterocycles. The summed E-state index contributed by atoms with van der Waals surface area (Å²) in [5.41, 5.74) is 2.63. The molecule has 2 unspecified atom stereocenters. The Bertz CT molecular complexity index is 470. The van der Waals surface area contributed by atoms with Crippen LogP contribution in [0.15, 0.2) is 48.1 Å². The van der Waals surface area contributed by atoms with Gasteiger partial charge in [0.25, 0.3) is 0 Å². The van der Waals surface area contributed by atoms with Crippen LogP contribution >= 0.6 is 0 Å². The summed E-state index contributed by atoms with van der Waals surface area (Å²) in [6.45, 7) is 4.38. The molecule has 1 aromatic carbocycles. The van der Waals surface area contributed by atoms with Gasteiger partial charge < -0.3 is 4.74 Å². The second-order valence-electron chi connectivity index (χ2n) is 4.55. The first-order valence-corrected chi connectivity index (χ1v) is 5.34. The Morgan fingerprint density at radius 1 is 1.27 bits per heavy atom. The first-order valence-electron chi connectivity index (χ1n) is 5.34. The van der Waals surface area contributed by atoms with Crippen molar-refractivity contribution < 1.29 is 4.74 Å². The monoisotopic (exact) mass is 198 g/mol. The maximum Gasteiger partial charge on any atom is 0.133 e. The van der Waals surface area contributed by atoms with Crippen molar-refractivity contribution in [1.29, 1.82) is 0 Å². The van der Waals surface area contributed by atoms with Crippen molar-refractivity contribution in [3.05, 3.63) is 53.6 Å². The van der Waals surface area contributed by atoms with Crippen molar-refractivity contribution in [2.45, 2.75) is 25.4 Å². The molecule has 1 nitrogen and oxygen atoms in total. The largest absolute Gasteiger partial charge is 0.484 e. The zero-order chi connectivity index (χ0) is 10.5. The third kappa shape index (κ3) is 1.03. The van der Waals surface area contributed by atoms with Crippen LogP contribution in [-0.4, -0.2) is 6.10 Å². The van der Waals surface area contributed by atoms with E-state index in [2.05, 4.69) is 50.3 Å². The van der Waals surface area contributed by atoms with Crippen LogP contribution in [0.5, 0.6) is 5.75 Å². The molecule has 1 aliphatic heterocycles. The molecule has 3 rings (SSSR count). The highest BCUT2D eigenvalue weighted by atomic mass is 16.5. The van der Waals surface area contributed by atoms with E-state index in [1.807, 2.05) is 6.07 Å². The average molecular weight is 198 g/mol.